The highest BCUT2D eigenvalue weighted by atomic mass is 16.1. The molecule has 1 rings (SSSR count). The van der Waals surface area contributed by atoms with Crippen LogP contribution in [0.5, 0.6) is 0 Å². The van der Waals surface area contributed by atoms with Crippen molar-refractivity contribution in [1.29, 1.82) is 0 Å². The minimum absolute atomic E-state index is 0.560. The second kappa shape index (κ2) is 3.32. The fraction of sp³-hybridized carbons (Fsp3) is 0.500. The second-order valence-electron chi connectivity index (χ2n) is 2.58. The van der Waals surface area contributed by atoms with Crippen LogP contribution in [0.1, 0.15) is 17.9 Å². The van der Waals surface area contributed by atoms with Gasteiger partial charge in [0.05, 0.1) is 0 Å². The molecule has 0 radical (unpaired) electrons. The van der Waals surface area contributed by atoms with Crippen LogP contribution in [0.4, 0.5) is 0 Å². The van der Waals surface area contributed by atoms with E-state index in [0.717, 1.165) is 24.2 Å². The Kier molecular flexibility index (Phi) is 2.41. The molecule has 0 bridgehead atoms. The van der Waals surface area contributed by atoms with Crippen LogP contribution in [-0.2, 0) is 18.3 Å². The minimum atomic E-state index is 0.560. The topological polar surface area (TPSA) is 34.9 Å². The Hall–Kier alpha value is -1.12. The van der Waals surface area contributed by atoms with Crippen molar-refractivity contribution in [3.05, 3.63) is 17.7 Å². The number of hydrogen-bond acceptors (Lipinski definition) is 2. The van der Waals surface area contributed by atoms with Gasteiger partial charge < -0.3 is 9.36 Å². The van der Waals surface area contributed by atoms with Crippen molar-refractivity contribution in [3.63, 3.8) is 0 Å². The normalized spacial score (nSPS) is 10.0. The van der Waals surface area contributed by atoms with Gasteiger partial charge in [-0.2, -0.15) is 0 Å². The third-order valence-corrected chi connectivity index (χ3v) is 1.80. The summed E-state index contributed by atoms with van der Waals surface area (Å²) in [7, 11) is 1.96. The van der Waals surface area contributed by atoms with E-state index in [4.69, 9.17) is 0 Å². The predicted octanol–water partition coefficient (Wildman–Crippen LogP) is 0.860. The van der Waals surface area contributed by atoms with Gasteiger partial charge in [-0.3, -0.25) is 0 Å². The Morgan fingerprint density at radius 1 is 1.73 bits per heavy atom. The van der Waals surface area contributed by atoms with Crippen molar-refractivity contribution in [2.45, 2.75) is 19.8 Å². The number of hydrogen-bond donors (Lipinski definition) is 0. The Morgan fingerprint density at radius 3 is 2.91 bits per heavy atom. The van der Waals surface area contributed by atoms with Crippen LogP contribution in [0.3, 0.4) is 0 Å². The predicted molar refractivity (Wildman–Crippen MR) is 42.3 cm³/mol. The van der Waals surface area contributed by atoms with Crippen LogP contribution in [0.25, 0.3) is 0 Å². The third-order valence-electron chi connectivity index (χ3n) is 1.80. The summed E-state index contributed by atoms with van der Waals surface area (Å²) >= 11 is 0. The summed E-state index contributed by atoms with van der Waals surface area (Å²) in [6.07, 6.45) is 4.04. The molecule has 0 aliphatic rings. The highest BCUT2D eigenvalue weighted by molar-refractivity contribution is 5.49. The first kappa shape index (κ1) is 7.98. The molecule has 1 heterocycles. The van der Waals surface area contributed by atoms with Gasteiger partial charge in [0.2, 0.25) is 0 Å². The molecular weight excluding hydrogens is 140 g/mol. The lowest BCUT2D eigenvalue weighted by Gasteiger charge is -1.99. The van der Waals surface area contributed by atoms with Gasteiger partial charge in [0.1, 0.15) is 12.1 Å². The monoisotopic (exact) mass is 152 g/mol. The van der Waals surface area contributed by atoms with Gasteiger partial charge in [0.25, 0.3) is 0 Å². The first-order valence-electron chi connectivity index (χ1n) is 3.66. The quantitative estimate of drug-likeness (QED) is 0.602. The molecule has 0 N–H and O–H groups in total. The minimum Gasteiger partial charge on any atom is -0.335 e. The fourth-order valence-electron chi connectivity index (χ4n) is 0.965. The molecular formula is C8H12N2O. The molecule has 0 atom stereocenters. The second-order valence-corrected chi connectivity index (χ2v) is 2.58. The Bertz CT molecular complexity index is 253. The molecule has 1 aromatic rings. The lowest BCUT2D eigenvalue weighted by molar-refractivity contribution is -0.107. The van der Waals surface area contributed by atoms with Crippen LogP contribution in [0.15, 0.2) is 6.20 Å². The van der Waals surface area contributed by atoms with Gasteiger partial charge in [-0.25, -0.2) is 4.98 Å². The maximum Gasteiger partial charge on any atom is 0.120 e. The van der Waals surface area contributed by atoms with Crippen LogP contribution >= 0.6 is 0 Å². The van der Waals surface area contributed by atoms with Gasteiger partial charge in [0.15, 0.2) is 0 Å². The van der Waals surface area contributed by atoms with E-state index in [1.54, 1.807) is 0 Å². The van der Waals surface area contributed by atoms with Gasteiger partial charge in [-0.05, 0) is 6.92 Å². The Labute approximate surface area is 66.1 Å². The zero-order valence-electron chi connectivity index (χ0n) is 6.87. The fourth-order valence-corrected chi connectivity index (χ4v) is 0.965. The number of aromatic nitrogens is 2. The van der Waals surface area contributed by atoms with Crippen molar-refractivity contribution in [2.75, 3.05) is 0 Å². The molecule has 0 aliphatic carbocycles. The number of aryl methyl sites for hydroxylation is 2. The van der Waals surface area contributed by atoms with Crippen molar-refractivity contribution < 1.29 is 4.79 Å². The average Bonchev–Trinajstić information content (AvgIpc) is 2.31. The molecule has 0 saturated carbocycles. The number of rotatable bonds is 3. The molecule has 3 nitrogen and oxygen atoms in total. The van der Waals surface area contributed by atoms with E-state index in [2.05, 4.69) is 4.98 Å². The van der Waals surface area contributed by atoms with Crippen LogP contribution < -0.4 is 0 Å². The first-order valence-corrected chi connectivity index (χ1v) is 3.66. The van der Waals surface area contributed by atoms with E-state index in [0.29, 0.717) is 6.42 Å². The van der Waals surface area contributed by atoms with Gasteiger partial charge in [-0.15, -0.1) is 0 Å². The average molecular weight is 152 g/mol. The van der Waals surface area contributed by atoms with E-state index in [1.165, 1.54) is 0 Å². The molecule has 0 amide bonds. The van der Waals surface area contributed by atoms with Crippen LogP contribution in [0.2, 0.25) is 0 Å². The lowest BCUT2D eigenvalue weighted by Crippen LogP contribution is -1.99. The molecule has 60 valence electrons. The lowest BCUT2D eigenvalue weighted by atomic mass is 10.3. The van der Waals surface area contributed by atoms with E-state index in [9.17, 15) is 4.79 Å². The molecule has 3 heteroatoms. The maximum absolute atomic E-state index is 10.1. The molecule has 0 aromatic carbocycles. The number of carbonyl (C=O) groups excluding carboxylic acids is 1. The van der Waals surface area contributed by atoms with Gasteiger partial charge >= 0.3 is 0 Å². The molecule has 0 unspecified atom stereocenters. The molecule has 11 heavy (non-hydrogen) atoms. The maximum atomic E-state index is 10.1. The molecule has 0 spiro atoms. The number of imidazole rings is 1. The Balaban J connectivity index is 2.70. The zero-order chi connectivity index (χ0) is 8.27. The summed E-state index contributed by atoms with van der Waals surface area (Å²) in [4.78, 5) is 14.2. The summed E-state index contributed by atoms with van der Waals surface area (Å²) in [5.41, 5.74) is 1.13. The molecule has 0 fully saturated rings. The first-order chi connectivity index (χ1) is 5.25. The number of nitrogens with zero attached hydrogens (tertiary/aromatic N) is 2. The standard InChI is InChI=1S/C8H12N2O/c1-7-6-9-8(10(7)2)4-3-5-11/h5-6H,3-4H2,1-2H3. The van der Waals surface area contributed by atoms with Crippen molar-refractivity contribution >= 4 is 6.29 Å². The van der Waals surface area contributed by atoms with E-state index in [-0.39, 0.29) is 0 Å². The summed E-state index contributed by atoms with van der Waals surface area (Å²) in [6.45, 7) is 2.00. The summed E-state index contributed by atoms with van der Waals surface area (Å²) in [5.74, 6) is 0.981. The van der Waals surface area contributed by atoms with E-state index in [1.807, 2.05) is 24.7 Å². The van der Waals surface area contributed by atoms with Crippen LogP contribution in [0, 0.1) is 6.92 Å². The molecule has 0 saturated heterocycles. The zero-order valence-corrected chi connectivity index (χ0v) is 6.87. The smallest absolute Gasteiger partial charge is 0.120 e. The SMILES string of the molecule is Cc1cnc(CCC=O)n1C. The molecule has 0 aliphatic heterocycles. The highest BCUT2D eigenvalue weighted by Gasteiger charge is 2.00. The number of carbonyl (C=O) groups is 1. The van der Waals surface area contributed by atoms with E-state index < -0.39 is 0 Å². The van der Waals surface area contributed by atoms with E-state index >= 15 is 0 Å². The van der Waals surface area contributed by atoms with Crippen LogP contribution in [-0.4, -0.2) is 15.8 Å². The Morgan fingerprint density at radius 2 is 2.45 bits per heavy atom. The van der Waals surface area contributed by atoms with Crippen molar-refractivity contribution in [2.24, 2.45) is 7.05 Å². The van der Waals surface area contributed by atoms with Crippen molar-refractivity contribution in [3.8, 4) is 0 Å². The largest absolute Gasteiger partial charge is 0.335 e. The highest BCUT2D eigenvalue weighted by Crippen LogP contribution is 2.02. The van der Waals surface area contributed by atoms with Crippen molar-refractivity contribution in [1.82, 2.24) is 9.55 Å². The third kappa shape index (κ3) is 1.67. The molecule has 1 aromatic heterocycles. The number of aldehydes is 1. The summed E-state index contributed by atoms with van der Waals surface area (Å²) in [5, 5.41) is 0. The summed E-state index contributed by atoms with van der Waals surface area (Å²) in [6, 6.07) is 0. The van der Waals surface area contributed by atoms with Gasteiger partial charge in [0, 0.05) is 31.8 Å². The van der Waals surface area contributed by atoms with Gasteiger partial charge in [-0.1, -0.05) is 0 Å². The summed E-state index contributed by atoms with van der Waals surface area (Å²) < 4.78 is 2.00.